The fourth-order valence-corrected chi connectivity index (χ4v) is 1.44. The number of esters is 1. The van der Waals surface area contributed by atoms with Crippen LogP contribution in [0.1, 0.15) is 20.8 Å². The Morgan fingerprint density at radius 2 is 2.38 bits per heavy atom. The average molecular weight is 222 g/mol. The van der Waals surface area contributed by atoms with Gasteiger partial charge in [-0.1, -0.05) is 0 Å². The molecule has 0 saturated heterocycles. The molecule has 0 aromatic carbocycles. The number of hydrogen-bond acceptors (Lipinski definition) is 4. The van der Waals surface area contributed by atoms with E-state index in [1.165, 1.54) is 18.3 Å². The Kier molecular flexibility index (Phi) is 2.40. The summed E-state index contributed by atoms with van der Waals surface area (Å²) in [4.78, 5) is 22.1. The molecule has 2 aromatic heterocycles. The Morgan fingerprint density at radius 3 is 3.00 bits per heavy atom. The predicted octanol–water partition coefficient (Wildman–Crippen LogP) is 1.07. The van der Waals surface area contributed by atoms with E-state index in [0.29, 0.717) is 6.29 Å². The Bertz CT molecular complexity index is 577. The molecule has 0 amide bonds. The molecule has 0 aliphatic heterocycles. The van der Waals surface area contributed by atoms with Gasteiger partial charge in [0.25, 0.3) is 0 Å². The van der Waals surface area contributed by atoms with E-state index in [4.69, 9.17) is 0 Å². The van der Waals surface area contributed by atoms with E-state index in [0.717, 1.165) is 11.6 Å². The Labute approximate surface area is 89.4 Å². The third kappa shape index (κ3) is 1.35. The van der Waals surface area contributed by atoms with Gasteiger partial charge in [-0.25, -0.2) is 13.7 Å². The van der Waals surface area contributed by atoms with Gasteiger partial charge in [-0.2, -0.15) is 5.10 Å². The number of rotatable bonds is 2. The fraction of sp³-hybridized carbons (Fsp3) is 0.100. The standard InChI is InChI=1S/C10H7FN2O3/c1-16-10(15)8-6(5-14)9-7(11)3-2-4-13(9)12-8/h2-5H,1H3. The normalized spacial score (nSPS) is 10.4. The first-order valence-electron chi connectivity index (χ1n) is 4.39. The molecule has 2 aromatic rings. The van der Waals surface area contributed by atoms with Crippen molar-refractivity contribution in [2.24, 2.45) is 0 Å². The molecule has 0 bridgehead atoms. The van der Waals surface area contributed by atoms with Crippen molar-refractivity contribution in [2.45, 2.75) is 0 Å². The number of fused-ring (bicyclic) bond motifs is 1. The van der Waals surface area contributed by atoms with Gasteiger partial charge in [0.05, 0.1) is 12.7 Å². The summed E-state index contributed by atoms with van der Waals surface area (Å²) < 4.78 is 19.0. The van der Waals surface area contributed by atoms with Crippen LogP contribution in [0, 0.1) is 5.82 Å². The number of aromatic nitrogens is 2. The molecule has 0 N–H and O–H groups in total. The summed E-state index contributed by atoms with van der Waals surface area (Å²) in [6, 6.07) is 2.61. The molecule has 0 aliphatic carbocycles. The number of methoxy groups -OCH3 is 1. The smallest absolute Gasteiger partial charge is 0.359 e. The maximum atomic E-state index is 13.4. The van der Waals surface area contributed by atoms with Crippen molar-refractivity contribution in [2.75, 3.05) is 7.11 Å². The summed E-state index contributed by atoms with van der Waals surface area (Å²) in [6.45, 7) is 0. The van der Waals surface area contributed by atoms with Crippen LogP contribution in [0.3, 0.4) is 0 Å². The molecule has 0 saturated carbocycles. The second-order valence-corrected chi connectivity index (χ2v) is 3.02. The quantitative estimate of drug-likeness (QED) is 0.563. The first kappa shape index (κ1) is 10.3. The molecular weight excluding hydrogens is 215 g/mol. The van der Waals surface area contributed by atoms with Crippen LogP contribution in [0.15, 0.2) is 18.3 Å². The lowest BCUT2D eigenvalue weighted by Gasteiger charge is -1.94. The van der Waals surface area contributed by atoms with Crippen LogP contribution in [0.2, 0.25) is 0 Å². The van der Waals surface area contributed by atoms with Crippen LogP contribution in [-0.2, 0) is 4.74 Å². The number of nitrogens with zero attached hydrogens (tertiary/aromatic N) is 2. The highest BCUT2D eigenvalue weighted by atomic mass is 19.1. The second kappa shape index (κ2) is 3.73. The van der Waals surface area contributed by atoms with Gasteiger partial charge in [0.15, 0.2) is 12.0 Å². The zero-order valence-corrected chi connectivity index (χ0v) is 8.31. The van der Waals surface area contributed by atoms with E-state index < -0.39 is 11.8 Å². The van der Waals surface area contributed by atoms with Crippen molar-refractivity contribution in [3.05, 3.63) is 35.4 Å². The number of carbonyl (C=O) groups is 2. The van der Waals surface area contributed by atoms with E-state index in [1.54, 1.807) is 0 Å². The highest BCUT2D eigenvalue weighted by molar-refractivity contribution is 6.01. The van der Waals surface area contributed by atoms with Gasteiger partial charge in [0.2, 0.25) is 0 Å². The molecule has 0 atom stereocenters. The minimum atomic E-state index is -0.773. The van der Waals surface area contributed by atoms with E-state index in [-0.39, 0.29) is 16.8 Å². The molecule has 16 heavy (non-hydrogen) atoms. The molecule has 2 rings (SSSR count). The predicted molar refractivity (Wildman–Crippen MR) is 51.9 cm³/mol. The topological polar surface area (TPSA) is 60.7 Å². The molecule has 0 spiro atoms. The first-order valence-corrected chi connectivity index (χ1v) is 4.39. The number of hydrogen-bond donors (Lipinski definition) is 0. The molecule has 0 radical (unpaired) electrons. The van der Waals surface area contributed by atoms with Crippen LogP contribution in [0.4, 0.5) is 4.39 Å². The van der Waals surface area contributed by atoms with Crippen LogP contribution in [0.25, 0.3) is 5.52 Å². The minimum absolute atomic E-state index is 0.0297. The summed E-state index contributed by atoms with van der Waals surface area (Å²) in [5.74, 6) is -1.39. The van der Waals surface area contributed by atoms with Crippen molar-refractivity contribution in [1.29, 1.82) is 0 Å². The van der Waals surface area contributed by atoms with Gasteiger partial charge in [0, 0.05) is 6.20 Å². The van der Waals surface area contributed by atoms with Crippen LogP contribution in [-0.4, -0.2) is 29.0 Å². The number of ether oxygens (including phenoxy) is 1. The van der Waals surface area contributed by atoms with Gasteiger partial charge in [-0.15, -0.1) is 0 Å². The number of carbonyl (C=O) groups excluding carboxylic acids is 2. The van der Waals surface area contributed by atoms with Crippen molar-refractivity contribution < 1.29 is 18.7 Å². The van der Waals surface area contributed by atoms with Crippen LogP contribution < -0.4 is 0 Å². The van der Waals surface area contributed by atoms with Crippen molar-refractivity contribution in [3.8, 4) is 0 Å². The van der Waals surface area contributed by atoms with Gasteiger partial charge in [0.1, 0.15) is 11.3 Å². The van der Waals surface area contributed by atoms with E-state index in [1.807, 2.05) is 0 Å². The summed E-state index contributed by atoms with van der Waals surface area (Å²) in [5.41, 5.74) is -0.328. The molecule has 2 heterocycles. The highest BCUT2D eigenvalue weighted by Crippen LogP contribution is 2.17. The molecule has 6 heteroatoms. The highest BCUT2D eigenvalue weighted by Gasteiger charge is 2.21. The molecular formula is C10H7FN2O3. The zero-order valence-electron chi connectivity index (χ0n) is 8.31. The number of pyridine rings is 1. The summed E-state index contributed by atoms with van der Waals surface area (Å²) in [6.07, 6.45) is 1.83. The van der Waals surface area contributed by atoms with E-state index >= 15 is 0 Å². The van der Waals surface area contributed by atoms with Crippen molar-refractivity contribution in [3.63, 3.8) is 0 Å². The lowest BCUT2D eigenvalue weighted by molar-refractivity contribution is 0.0591. The monoisotopic (exact) mass is 222 g/mol. The lowest BCUT2D eigenvalue weighted by atomic mass is 10.2. The summed E-state index contributed by atoms with van der Waals surface area (Å²) >= 11 is 0. The Hall–Kier alpha value is -2.24. The third-order valence-corrected chi connectivity index (χ3v) is 2.14. The van der Waals surface area contributed by atoms with E-state index in [2.05, 4.69) is 9.84 Å². The van der Waals surface area contributed by atoms with Crippen molar-refractivity contribution >= 4 is 17.8 Å². The van der Waals surface area contributed by atoms with Gasteiger partial charge < -0.3 is 4.74 Å². The first-order chi connectivity index (χ1) is 7.69. The average Bonchev–Trinajstić information content (AvgIpc) is 2.68. The van der Waals surface area contributed by atoms with Crippen molar-refractivity contribution in [1.82, 2.24) is 9.61 Å². The maximum absolute atomic E-state index is 13.4. The number of aldehydes is 1. The maximum Gasteiger partial charge on any atom is 0.359 e. The molecule has 82 valence electrons. The van der Waals surface area contributed by atoms with Gasteiger partial charge in [-0.3, -0.25) is 4.79 Å². The third-order valence-electron chi connectivity index (χ3n) is 2.14. The Balaban J connectivity index is 2.82. The van der Waals surface area contributed by atoms with Gasteiger partial charge in [-0.05, 0) is 12.1 Å². The van der Waals surface area contributed by atoms with Crippen LogP contribution >= 0.6 is 0 Å². The lowest BCUT2D eigenvalue weighted by Crippen LogP contribution is -2.05. The summed E-state index contributed by atoms with van der Waals surface area (Å²) in [5, 5.41) is 3.79. The largest absolute Gasteiger partial charge is 0.464 e. The molecule has 0 unspecified atom stereocenters. The molecule has 0 aliphatic rings. The van der Waals surface area contributed by atoms with Crippen LogP contribution in [0.5, 0.6) is 0 Å². The number of halogens is 1. The second-order valence-electron chi connectivity index (χ2n) is 3.02. The molecule has 5 nitrogen and oxygen atoms in total. The fourth-order valence-electron chi connectivity index (χ4n) is 1.44. The summed E-state index contributed by atoms with van der Waals surface area (Å²) in [7, 11) is 1.16. The zero-order chi connectivity index (χ0) is 11.7. The molecule has 0 fully saturated rings. The van der Waals surface area contributed by atoms with E-state index in [9.17, 15) is 14.0 Å². The Morgan fingerprint density at radius 1 is 1.62 bits per heavy atom. The SMILES string of the molecule is COC(=O)c1nn2cccc(F)c2c1C=O. The van der Waals surface area contributed by atoms with Gasteiger partial charge >= 0.3 is 5.97 Å². The minimum Gasteiger partial charge on any atom is -0.464 e.